The van der Waals surface area contributed by atoms with Crippen LogP contribution in [0.25, 0.3) is 0 Å². The first kappa shape index (κ1) is 37.8. The van der Waals surface area contributed by atoms with Crippen LogP contribution in [0.15, 0.2) is 86.3 Å². The predicted molar refractivity (Wildman–Crippen MR) is 195 cm³/mol. The van der Waals surface area contributed by atoms with Gasteiger partial charge in [0.05, 0.1) is 0 Å². The summed E-state index contributed by atoms with van der Waals surface area (Å²) in [6.45, 7) is 42.0. The highest BCUT2D eigenvalue weighted by molar-refractivity contribution is 5.11. The molecule has 0 radical (unpaired) electrons. The molecule has 0 aliphatic heterocycles. The van der Waals surface area contributed by atoms with E-state index in [9.17, 15) is 0 Å². The smallest absolute Gasteiger partial charge is 0.0379 e. The lowest BCUT2D eigenvalue weighted by Gasteiger charge is -2.31. The molecule has 5 heteroatoms. The summed E-state index contributed by atoms with van der Waals surface area (Å²) in [5.74, 6) is 4.30. The third-order valence-corrected chi connectivity index (χ3v) is 9.37. The highest BCUT2D eigenvalue weighted by atomic mass is 15.2. The van der Waals surface area contributed by atoms with Gasteiger partial charge in [-0.2, -0.15) is 0 Å². The minimum absolute atomic E-state index is 0.621. The van der Waals surface area contributed by atoms with E-state index >= 15 is 0 Å². The van der Waals surface area contributed by atoms with Crippen molar-refractivity contribution in [2.45, 2.75) is 53.9 Å². The molecule has 3 aliphatic rings. The van der Waals surface area contributed by atoms with Gasteiger partial charge in [-0.1, -0.05) is 89.5 Å². The van der Waals surface area contributed by atoms with Crippen LogP contribution in [0.1, 0.15) is 53.9 Å². The standard InChI is InChI=1S/C37H61N5.C2H6/c1-9-15-40(17-19-41(16-10-2)27-32(7)38-24-36-21-30(5)11-12-31(36)6)18-20-42(26-29(3)4)28-33(8)39-25-37-23-34-13-14-35(37)22-34;1-2/h9-14,30-31,34-39H,1-3,7-8,15-28H2,4-6H3;1-2H3. The van der Waals surface area contributed by atoms with E-state index in [1.54, 1.807) is 0 Å². The maximum atomic E-state index is 4.38. The first-order valence-corrected chi connectivity index (χ1v) is 17.4. The molecule has 0 aromatic carbocycles. The Labute approximate surface area is 272 Å². The molecule has 44 heavy (non-hydrogen) atoms. The van der Waals surface area contributed by atoms with Gasteiger partial charge in [0.2, 0.25) is 0 Å². The van der Waals surface area contributed by atoms with E-state index in [1.807, 2.05) is 26.0 Å². The van der Waals surface area contributed by atoms with Gasteiger partial charge >= 0.3 is 0 Å². The molecule has 0 amide bonds. The zero-order chi connectivity index (χ0) is 32.5. The maximum absolute atomic E-state index is 4.38. The van der Waals surface area contributed by atoms with Crippen molar-refractivity contribution >= 4 is 0 Å². The molecule has 3 rings (SSSR count). The van der Waals surface area contributed by atoms with Crippen LogP contribution in [0, 0.1) is 35.5 Å². The van der Waals surface area contributed by atoms with Crippen LogP contribution >= 0.6 is 0 Å². The van der Waals surface area contributed by atoms with Crippen LogP contribution in [-0.2, 0) is 0 Å². The molecule has 5 nitrogen and oxygen atoms in total. The van der Waals surface area contributed by atoms with E-state index in [2.05, 4.69) is 103 Å². The summed E-state index contributed by atoms with van der Waals surface area (Å²) < 4.78 is 0. The summed E-state index contributed by atoms with van der Waals surface area (Å²) in [6.07, 6.45) is 17.5. The van der Waals surface area contributed by atoms with Crippen molar-refractivity contribution in [2.24, 2.45) is 35.5 Å². The Bertz CT molecular complexity index is 964. The Morgan fingerprint density at radius 3 is 1.84 bits per heavy atom. The van der Waals surface area contributed by atoms with Gasteiger partial charge in [-0.05, 0) is 61.7 Å². The van der Waals surface area contributed by atoms with Crippen LogP contribution in [0.3, 0.4) is 0 Å². The Morgan fingerprint density at radius 1 is 0.705 bits per heavy atom. The fraction of sp³-hybridized carbons (Fsp3) is 0.641. The molecule has 6 unspecified atom stereocenters. The Balaban J connectivity index is 0.00000330. The number of nitrogens with one attached hydrogen (secondary N) is 2. The molecule has 6 atom stereocenters. The Hall–Kier alpha value is -2.34. The van der Waals surface area contributed by atoms with E-state index < -0.39 is 0 Å². The topological polar surface area (TPSA) is 33.8 Å². The number of nitrogens with zero attached hydrogens (tertiary/aromatic N) is 3. The molecule has 0 heterocycles. The van der Waals surface area contributed by atoms with Crippen LogP contribution in [0.5, 0.6) is 0 Å². The molecule has 1 fully saturated rings. The fourth-order valence-electron chi connectivity index (χ4n) is 6.95. The fourth-order valence-corrected chi connectivity index (χ4v) is 6.95. The first-order valence-electron chi connectivity index (χ1n) is 17.4. The zero-order valence-electron chi connectivity index (χ0n) is 29.2. The summed E-state index contributed by atoms with van der Waals surface area (Å²) >= 11 is 0. The first-order chi connectivity index (χ1) is 21.2. The largest absolute Gasteiger partial charge is 0.387 e. The number of hydrogen-bond acceptors (Lipinski definition) is 5. The molecule has 0 spiro atoms. The number of fused-ring (bicyclic) bond motifs is 2. The molecule has 0 saturated heterocycles. The van der Waals surface area contributed by atoms with Crippen LogP contribution < -0.4 is 10.6 Å². The van der Waals surface area contributed by atoms with Crippen LogP contribution in [0.4, 0.5) is 0 Å². The summed E-state index contributed by atoms with van der Waals surface area (Å²) in [6, 6.07) is 0. The second-order valence-electron chi connectivity index (χ2n) is 13.5. The Kier molecular flexibility index (Phi) is 17.8. The lowest BCUT2D eigenvalue weighted by molar-refractivity contribution is 0.204. The minimum Gasteiger partial charge on any atom is -0.387 e. The monoisotopic (exact) mass is 606 g/mol. The minimum atomic E-state index is 0.621. The van der Waals surface area contributed by atoms with Crippen molar-refractivity contribution in [2.75, 3.05) is 72.0 Å². The van der Waals surface area contributed by atoms with Gasteiger partial charge in [-0.15, -0.1) is 13.2 Å². The van der Waals surface area contributed by atoms with Crippen molar-refractivity contribution in [1.29, 1.82) is 0 Å². The quantitative estimate of drug-likeness (QED) is 0.128. The summed E-state index contributed by atoms with van der Waals surface area (Å²) in [7, 11) is 0. The molecule has 248 valence electrons. The SMILES string of the molecule is C=CCN(CCN(CC=C)CC(=C)NCC1CC(C)C=CC1C)CCN(CC(=C)C)CC(=C)NCC1CC2C=CC1C2.CC. The van der Waals surface area contributed by atoms with Gasteiger partial charge in [0, 0.05) is 83.4 Å². The van der Waals surface area contributed by atoms with Crippen molar-refractivity contribution in [1.82, 2.24) is 25.3 Å². The Morgan fingerprint density at radius 2 is 1.27 bits per heavy atom. The van der Waals surface area contributed by atoms with Crippen molar-refractivity contribution < 1.29 is 0 Å². The van der Waals surface area contributed by atoms with Gasteiger partial charge in [0.15, 0.2) is 0 Å². The maximum Gasteiger partial charge on any atom is 0.0379 e. The van der Waals surface area contributed by atoms with Gasteiger partial charge in [0.25, 0.3) is 0 Å². The lowest BCUT2D eigenvalue weighted by Crippen LogP contribution is -2.42. The van der Waals surface area contributed by atoms with Crippen molar-refractivity contribution in [3.05, 3.63) is 86.3 Å². The number of hydrogen-bond donors (Lipinski definition) is 2. The molecular weight excluding hydrogens is 538 g/mol. The zero-order valence-corrected chi connectivity index (χ0v) is 29.2. The second kappa shape index (κ2) is 20.6. The van der Waals surface area contributed by atoms with E-state index in [0.29, 0.717) is 17.8 Å². The molecule has 0 aromatic heterocycles. The van der Waals surface area contributed by atoms with Gasteiger partial charge in [-0.3, -0.25) is 14.7 Å². The molecule has 2 bridgehead atoms. The van der Waals surface area contributed by atoms with E-state index in [-0.39, 0.29) is 0 Å². The van der Waals surface area contributed by atoms with Gasteiger partial charge < -0.3 is 10.6 Å². The molecule has 2 N–H and O–H groups in total. The predicted octanol–water partition coefficient (Wildman–Crippen LogP) is 7.13. The van der Waals surface area contributed by atoms with Crippen molar-refractivity contribution in [3.8, 4) is 0 Å². The normalized spacial score (nSPS) is 25.2. The average Bonchev–Trinajstić information content (AvgIpc) is 3.62. The van der Waals surface area contributed by atoms with Crippen LogP contribution in [0.2, 0.25) is 0 Å². The van der Waals surface area contributed by atoms with Crippen molar-refractivity contribution in [3.63, 3.8) is 0 Å². The summed E-state index contributed by atoms with van der Waals surface area (Å²) in [4.78, 5) is 7.41. The highest BCUT2D eigenvalue weighted by Gasteiger charge is 2.35. The molecule has 1 saturated carbocycles. The van der Waals surface area contributed by atoms with E-state index in [1.165, 1.54) is 24.8 Å². The molecule has 3 aliphatic carbocycles. The van der Waals surface area contributed by atoms with Crippen LogP contribution in [-0.4, -0.2) is 86.7 Å². The third-order valence-electron chi connectivity index (χ3n) is 9.37. The third kappa shape index (κ3) is 13.7. The summed E-state index contributed by atoms with van der Waals surface area (Å²) in [5.41, 5.74) is 3.41. The van der Waals surface area contributed by atoms with E-state index in [0.717, 1.165) is 101 Å². The van der Waals surface area contributed by atoms with Gasteiger partial charge in [-0.25, -0.2) is 0 Å². The lowest BCUT2D eigenvalue weighted by atomic mass is 9.80. The van der Waals surface area contributed by atoms with Gasteiger partial charge in [0.1, 0.15) is 0 Å². The highest BCUT2D eigenvalue weighted by Crippen LogP contribution is 2.43. The average molecular weight is 606 g/mol. The molecular formula is C39H67N5. The summed E-state index contributed by atoms with van der Waals surface area (Å²) in [5, 5.41) is 7.32. The number of allylic oxidation sites excluding steroid dienone is 4. The van der Waals surface area contributed by atoms with E-state index in [4.69, 9.17) is 0 Å². The number of rotatable bonds is 22. The molecule has 0 aromatic rings. The second-order valence-corrected chi connectivity index (χ2v) is 13.5.